The van der Waals surface area contributed by atoms with Crippen molar-refractivity contribution in [1.82, 2.24) is 30.3 Å². The van der Waals surface area contributed by atoms with Gasteiger partial charge in [-0.05, 0) is 60.2 Å². The van der Waals surface area contributed by atoms with E-state index in [9.17, 15) is 27.6 Å². The molecule has 228 valence electrons. The Labute approximate surface area is 250 Å². The number of carbonyl (C=O) groups excluding carboxylic acids is 1. The number of benzene rings is 2. The van der Waals surface area contributed by atoms with Gasteiger partial charge in [-0.15, -0.1) is 0 Å². The first-order valence-corrected chi connectivity index (χ1v) is 13.9. The van der Waals surface area contributed by atoms with Crippen molar-refractivity contribution in [3.05, 3.63) is 100 Å². The molecule has 0 radical (unpaired) electrons. The molecule has 0 spiro atoms. The van der Waals surface area contributed by atoms with Crippen LogP contribution in [0.4, 0.5) is 26.3 Å². The predicted molar refractivity (Wildman–Crippen MR) is 147 cm³/mol. The number of rotatable bonds is 8. The summed E-state index contributed by atoms with van der Waals surface area (Å²) in [5, 5.41) is 22.5. The van der Waals surface area contributed by atoms with Gasteiger partial charge in [0.2, 0.25) is 5.91 Å². The Bertz CT molecular complexity index is 1990. The number of H-pyrrole nitrogens is 1. The van der Waals surface area contributed by atoms with Gasteiger partial charge >= 0.3 is 0 Å². The Kier molecular flexibility index (Phi) is 6.65. The Morgan fingerprint density at radius 1 is 1.11 bits per heavy atom. The number of hydrogen-bond donors (Lipinski definition) is 2. The summed E-state index contributed by atoms with van der Waals surface area (Å²) in [5.41, 5.74) is 1.15. The highest BCUT2D eigenvalue weighted by atomic mass is 19.3. The summed E-state index contributed by atoms with van der Waals surface area (Å²) in [6, 6.07) is 12.0. The van der Waals surface area contributed by atoms with Crippen molar-refractivity contribution in [2.75, 3.05) is 0 Å². The van der Waals surface area contributed by atoms with E-state index in [1.54, 1.807) is 30.3 Å². The number of halogens is 6. The number of nitrogens with one attached hydrogen (secondary N) is 2. The molecule has 3 atom stereocenters. The molecule has 2 aliphatic rings. The van der Waals surface area contributed by atoms with Gasteiger partial charge < -0.3 is 5.32 Å². The lowest BCUT2D eigenvalue weighted by molar-refractivity contribution is -0.123. The monoisotopic (exact) mass is 621 g/mol. The second-order valence-electron chi connectivity index (χ2n) is 11.2. The van der Waals surface area contributed by atoms with Crippen LogP contribution in [0.5, 0.6) is 0 Å². The molecule has 1 saturated carbocycles. The van der Waals surface area contributed by atoms with E-state index in [1.165, 1.54) is 6.20 Å². The van der Waals surface area contributed by atoms with Crippen molar-refractivity contribution < 1.29 is 31.1 Å². The smallest absolute Gasteiger partial charge is 0.293 e. The second kappa shape index (κ2) is 10.5. The van der Waals surface area contributed by atoms with Gasteiger partial charge in [0.05, 0.1) is 35.1 Å². The lowest BCUT2D eigenvalue weighted by Gasteiger charge is -2.22. The fraction of sp³-hybridized carbons (Fsp3) is 0.258. The molecule has 0 aliphatic heterocycles. The minimum Gasteiger partial charge on any atom is -0.346 e. The third kappa shape index (κ3) is 4.98. The molecule has 1 fully saturated rings. The molecule has 8 nitrogen and oxygen atoms in total. The van der Waals surface area contributed by atoms with Gasteiger partial charge in [-0.2, -0.15) is 24.2 Å². The second-order valence-corrected chi connectivity index (χ2v) is 11.2. The fourth-order valence-corrected chi connectivity index (χ4v) is 6.25. The number of nitriles is 1. The minimum absolute atomic E-state index is 0.0736. The van der Waals surface area contributed by atoms with E-state index in [2.05, 4.69) is 25.6 Å². The van der Waals surface area contributed by atoms with Crippen molar-refractivity contribution >= 4 is 16.9 Å². The maximum absolute atomic E-state index is 15.1. The summed E-state index contributed by atoms with van der Waals surface area (Å²) in [6.07, 6.45) is -1.77. The third-order valence-electron chi connectivity index (χ3n) is 8.27. The van der Waals surface area contributed by atoms with E-state index in [4.69, 9.17) is 0 Å². The highest BCUT2D eigenvalue weighted by Crippen LogP contribution is 2.68. The van der Waals surface area contributed by atoms with Crippen LogP contribution in [-0.2, 0) is 23.7 Å². The van der Waals surface area contributed by atoms with E-state index in [-0.39, 0.29) is 29.7 Å². The van der Waals surface area contributed by atoms with Crippen LogP contribution in [0.15, 0.2) is 54.7 Å². The Balaban J connectivity index is 1.29. The lowest BCUT2D eigenvalue weighted by Crippen LogP contribution is -2.35. The molecule has 14 heteroatoms. The molecule has 7 rings (SSSR count). The number of pyridine rings is 1. The van der Waals surface area contributed by atoms with E-state index in [0.29, 0.717) is 38.5 Å². The van der Waals surface area contributed by atoms with Gasteiger partial charge in [0.25, 0.3) is 12.3 Å². The standard InChI is InChI=1S/C31H21F6N7O/c32-17-5-15(6-18(33)8-17)7-23(27-19(10-22-24(41-27)12-39-42-22)16-3-1-14(11-38)2-4-16)40-25(45)13-44-29-26(28(43-44)30(34)35)20-9-21(20)31(29,36)37/h1-6,8,10,12,20-21,23,30H,7,9,13H2,(H,39,42)(H,40,45)/t20-,21+,23-/m0/s1. The molecule has 1 amide bonds. The van der Waals surface area contributed by atoms with E-state index >= 15 is 8.78 Å². The number of aromatic amines is 1. The van der Waals surface area contributed by atoms with Crippen LogP contribution in [0.3, 0.4) is 0 Å². The number of alkyl halides is 4. The summed E-state index contributed by atoms with van der Waals surface area (Å²) in [5.74, 6) is -7.82. The van der Waals surface area contributed by atoms with Crippen LogP contribution in [0.1, 0.15) is 58.6 Å². The summed E-state index contributed by atoms with van der Waals surface area (Å²) in [6.45, 7) is -0.807. The molecule has 0 bridgehead atoms. The number of fused-ring (bicyclic) bond motifs is 4. The molecule has 45 heavy (non-hydrogen) atoms. The molecule has 2 aromatic carbocycles. The number of aromatic nitrogens is 5. The van der Waals surface area contributed by atoms with Crippen LogP contribution in [0.25, 0.3) is 22.2 Å². The van der Waals surface area contributed by atoms with Crippen LogP contribution >= 0.6 is 0 Å². The maximum Gasteiger partial charge on any atom is 0.293 e. The predicted octanol–water partition coefficient (Wildman–Crippen LogP) is 6.22. The van der Waals surface area contributed by atoms with Gasteiger partial charge in [0.15, 0.2) is 0 Å². The molecular weight excluding hydrogens is 600 g/mol. The zero-order chi connectivity index (χ0) is 31.6. The van der Waals surface area contributed by atoms with Crippen molar-refractivity contribution in [3.63, 3.8) is 0 Å². The minimum atomic E-state index is -3.42. The van der Waals surface area contributed by atoms with E-state index in [0.717, 1.165) is 12.1 Å². The average Bonchev–Trinajstić information content (AvgIpc) is 3.40. The van der Waals surface area contributed by atoms with Crippen molar-refractivity contribution in [1.29, 1.82) is 5.26 Å². The molecule has 3 heterocycles. The van der Waals surface area contributed by atoms with Gasteiger partial charge in [-0.25, -0.2) is 22.5 Å². The molecular formula is C31H21F6N7O. The van der Waals surface area contributed by atoms with E-state index in [1.807, 2.05) is 6.07 Å². The number of hydrogen-bond acceptors (Lipinski definition) is 5. The van der Waals surface area contributed by atoms with Gasteiger partial charge in [-0.3, -0.25) is 14.6 Å². The summed E-state index contributed by atoms with van der Waals surface area (Å²) >= 11 is 0. The molecule has 0 saturated heterocycles. The highest BCUT2D eigenvalue weighted by Gasteiger charge is 2.67. The van der Waals surface area contributed by atoms with Crippen LogP contribution < -0.4 is 5.32 Å². The van der Waals surface area contributed by atoms with E-state index < -0.39 is 65.7 Å². The fourth-order valence-electron chi connectivity index (χ4n) is 6.25. The quantitative estimate of drug-likeness (QED) is 0.200. The molecule has 3 aromatic heterocycles. The SMILES string of the molecule is N#Cc1ccc(-c2cc3[nH]ncc3nc2[C@H](Cc2cc(F)cc(F)c2)NC(=O)Cn2nc(C(F)F)c3c2C(F)(F)[C@@H]2C[C@H]32)cc1. The Morgan fingerprint density at radius 3 is 2.53 bits per heavy atom. The normalized spacial score (nSPS) is 18.4. The topological polar surface area (TPSA) is 112 Å². The van der Waals surface area contributed by atoms with Crippen LogP contribution in [-0.4, -0.2) is 30.9 Å². The Hall–Kier alpha value is -5.19. The first kappa shape index (κ1) is 28.6. The maximum atomic E-state index is 15.1. The molecule has 0 unspecified atom stereocenters. The highest BCUT2D eigenvalue weighted by molar-refractivity contribution is 5.83. The number of nitrogens with zero attached hydrogens (tertiary/aromatic N) is 5. The van der Waals surface area contributed by atoms with Crippen LogP contribution in [0.2, 0.25) is 0 Å². The molecule has 2 N–H and O–H groups in total. The van der Waals surface area contributed by atoms with Crippen molar-refractivity contribution in [3.8, 4) is 17.2 Å². The Morgan fingerprint density at radius 2 is 1.84 bits per heavy atom. The summed E-state index contributed by atoms with van der Waals surface area (Å²) in [4.78, 5) is 18.2. The zero-order valence-electron chi connectivity index (χ0n) is 23.0. The summed E-state index contributed by atoms with van der Waals surface area (Å²) < 4.78 is 86.8. The lowest BCUT2D eigenvalue weighted by atomic mass is 9.94. The van der Waals surface area contributed by atoms with Crippen LogP contribution in [0, 0.1) is 28.9 Å². The third-order valence-corrected chi connectivity index (χ3v) is 8.27. The average molecular weight is 622 g/mol. The van der Waals surface area contributed by atoms with Gasteiger partial charge in [0, 0.05) is 23.1 Å². The number of amides is 1. The van der Waals surface area contributed by atoms with Crippen molar-refractivity contribution in [2.24, 2.45) is 5.92 Å². The zero-order valence-corrected chi connectivity index (χ0v) is 23.0. The summed E-state index contributed by atoms with van der Waals surface area (Å²) in [7, 11) is 0. The number of carbonyl (C=O) groups is 1. The van der Waals surface area contributed by atoms with Gasteiger partial charge in [-0.1, -0.05) is 12.1 Å². The van der Waals surface area contributed by atoms with Crippen molar-refractivity contribution in [2.45, 2.75) is 43.7 Å². The first-order valence-electron chi connectivity index (χ1n) is 13.9. The first-order chi connectivity index (χ1) is 21.5. The molecule has 5 aromatic rings. The van der Waals surface area contributed by atoms with Gasteiger partial charge in [0.1, 0.15) is 35.1 Å². The largest absolute Gasteiger partial charge is 0.346 e. The molecule has 2 aliphatic carbocycles.